The summed E-state index contributed by atoms with van der Waals surface area (Å²) in [7, 11) is 0. The summed E-state index contributed by atoms with van der Waals surface area (Å²) in [6.45, 7) is 4.51. The Kier molecular flexibility index (Phi) is 11.4. The lowest BCUT2D eigenvalue weighted by Gasteiger charge is -2.11. The number of benzene rings is 1. The number of rotatable bonds is 15. The van der Waals surface area contributed by atoms with E-state index in [-0.39, 0.29) is 34.6 Å². The number of aromatic nitrogens is 1. The molecule has 32 heavy (non-hydrogen) atoms. The van der Waals surface area contributed by atoms with Gasteiger partial charge in [0.15, 0.2) is 10.1 Å². The quantitative estimate of drug-likeness (QED) is 0.268. The van der Waals surface area contributed by atoms with Gasteiger partial charge in [0.1, 0.15) is 0 Å². The Morgan fingerprint density at radius 3 is 2.34 bits per heavy atom. The summed E-state index contributed by atoms with van der Waals surface area (Å²) >= 11 is 0.978. The van der Waals surface area contributed by atoms with Crippen LogP contribution in [0.1, 0.15) is 22.5 Å². The van der Waals surface area contributed by atoms with Gasteiger partial charge in [0.05, 0.1) is 63.0 Å². The number of nitrogens with one attached hydrogen (secondary N) is 2. The van der Waals surface area contributed by atoms with Crippen LogP contribution >= 0.6 is 11.3 Å². The molecular formula is C20H27N5O6S. The van der Waals surface area contributed by atoms with Gasteiger partial charge >= 0.3 is 0 Å². The predicted octanol–water partition coefficient (Wildman–Crippen LogP) is 2.44. The fourth-order valence-corrected chi connectivity index (χ4v) is 3.22. The van der Waals surface area contributed by atoms with Crippen LogP contribution in [-0.2, 0) is 19.0 Å². The maximum atomic E-state index is 12.6. The van der Waals surface area contributed by atoms with E-state index >= 15 is 0 Å². The van der Waals surface area contributed by atoms with Gasteiger partial charge in [-0.2, -0.15) is 0 Å². The van der Waals surface area contributed by atoms with Gasteiger partial charge < -0.3 is 25.3 Å². The van der Waals surface area contributed by atoms with Crippen LogP contribution in [0.3, 0.4) is 0 Å². The van der Waals surface area contributed by atoms with E-state index in [0.717, 1.165) is 11.3 Å². The highest BCUT2D eigenvalue weighted by Crippen LogP contribution is 2.30. The van der Waals surface area contributed by atoms with Crippen LogP contribution in [0, 0.1) is 11.8 Å². The lowest BCUT2D eigenvalue weighted by Crippen LogP contribution is -2.19. The topological polar surface area (TPSA) is 154 Å². The molecule has 0 aliphatic rings. The molecule has 1 heterocycles. The van der Waals surface area contributed by atoms with Crippen molar-refractivity contribution in [2.45, 2.75) is 13.3 Å². The second-order valence-corrected chi connectivity index (χ2v) is 7.40. The number of nitrogens with two attached hydrogens (primary N) is 1. The van der Waals surface area contributed by atoms with Gasteiger partial charge in [-0.25, -0.2) is 4.98 Å². The molecule has 0 fully saturated rings. The third kappa shape index (κ3) is 8.77. The number of thiazole rings is 1. The first-order chi connectivity index (χ1) is 15.5. The predicted molar refractivity (Wildman–Crippen MR) is 121 cm³/mol. The minimum absolute atomic E-state index is 0.121. The number of aryl methyl sites for hydroxylation is 1. The summed E-state index contributed by atoms with van der Waals surface area (Å²) in [6.07, 6.45) is 0.121. The highest BCUT2D eigenvalue weighted by molar-refractivity contribution is 7.19. The number of carbonyl (C=O) groups excluding carboxylic acids is 2. The monoisotopic (exact) mass is 465 g/mol. The summed E-state index contributed by atoms with van der Waals surface area (Å²) < 4.78 is 15.9. The third-order valence-electron chi connectivity index (χ3n) is 4.00. The van der Waals surface area contributed by atoms with Crippen LogP contribution in [0.2, 0.25) is 0 Å². The summed E-state index contributed by atoms with van der Waals surface area (Å²) in [5.41, 5.74) is 6.37. The molecule has 0 saturated heterocycles. The van der Waals surface area contributed by atoms with Crippen LogP contribution in [0.4, 0.5) is 15.8 Å². The van der Waals surface area contributed by atoms with Crippen molar-refractivity contribution in [3.8, 4) is 0 Å². The maximum Gasteiger partial charge on any atom is 0.259 e. The van der Waals surface area contributed by atoms with Gasteiger partial charge in [-0.3, -0.25) is 14.9 Å². The van der Waals surface area contributed by atoms with Gasteiger partial charge in [0, 0.05) is 6.54 Å². The summed E-state index contributed by atoms with van der Waals surface area (Å²) in [5, 5.41) is 8.65. The van der Waals surface area contributed by atoms with Crippen molar-refractivity contribution in [3.05, 3.63) is 40.4 Å². The number of hydrogen-bond donors (Lipinski definition) is 3. The Morgan fingerprint density at radius 2 is 1.69 bits per heavy atom. The number of amides is 2. The number of carbonyl (C=O) groups is 2. The van der Waals surface area contributed by atoms with E-state index in [0.29, 0.717) is 51.0 Å². The largest absolute Gasteiger partial charge is 0.379 e. The van der Waals surface area contributed by atoms with Crippen molar-refractivity contribution in [2.75, 3.05) is 56.8 Å². The van der Waals surface area contributed by atoms with Gasteiger partial charge in [-0.05, 0) is 24.2 Å². The van der Waals surface area contributed by atoms with Crippen molar-refractivity contribution in [1.82, 2.24) is 4.98 Å². The molecule has 1 aromatic heterocycles. The summed E-state index contributed by atoms with van der Waals surface area (Å²) in [4.78, 5) is 39.6. The number of nitroso groups, excluding NO2 is 1. The molecular weight excluding hydrogens is 438 g/mol. The first kappa shape index (κ1) is 25.5. The minimum Gasteiger partial charge on any atom is -0.379 e. The van der Waals surface area contributed by atoms with Crippen molar-refractivity contribution in [1.29, 1.82) is 0 Å². The number of anilines is 2. The van der Waals surface area contributed by atoms with Crippen LogP contribution in [-0.4, -0.2) is 63.0 Å². The second kappa shape index (κ2) is 14.3. The molecule has 0 atom stereocenters. The van der Waals surface area contributed by atoms with E-state index in [1.807, 2.05) is 0 Å². The fraction of sp³-hybridized carbons (Fsp3) is 0.450. The minimum atomic E-state index is -0.462. The first-order valence-corrected chi connectivity index (χ1v) is 10.8. The molecule has 2 rings (SSSR count). The number of para-hydroxylation sites is 1. The summed E-state index contributed by atoms with van der Waals surface area (Å²) in [6, 6.07) is 6.59. The second-order valence-electron chi connectivity index (χ2n) is 6.42. The molecule has 11 nitrogen and oxygen atoms in total. The van der Waals surface area contributed by atoms with Crippen LogP contribution in [0.25, 0.3) is 0 Å². The smallest absolute Gasteiger partial charge is 0.259 e. The van der Waals surface area contributed by atoms with E-state index < -0.39 is 5.91 Å². The molecule has 1 aromatic carbocycles. The van der Waals surface area contributed by atoms with Gasteiger partial charge in [0.25, 0.3) is 5.91 Å². The summed E-state index contributed by atoms with van der Waals surface area (Å²) in [5.74, 6) is -0.755. The molecule has 0 bridgehead atoms. The van der Waals surface area contributed by atoms with Crippen molar-refractivity contribution in [3.63, 3.8) is 0 Å². The molecule has 0 saturated carbocycles. The molecule has 12 heteroatoms. The Bertz CT molecular complexity index is 891. The molecule has 2 aromatic rings. The number of hydrogen-bond acceptors (Lipinski definition) is 10. The van der Waals surface area contributed by atoms with Gasteiger partial charge in [0.2, 0.25) is 5.91 Å². The molecule has 0 spiro atoms. The van der Waals surface area contributed by atoms with Crippen LogP contribution in [0.15, 0.2) is 29.4 Å². The fourth-order valence-electron chi connectivity index (χ4n) is 2.48. The first-order valence-electron chi connectivity index (χ1n) is 9.99. The Hall–Kier alpha value is -2.77. The standard InChI is InChI=1S/C20H27N5O6S/c1-14-19(25-28)32-20(22-14)24-18(27)15-4-2-3-5-16(15)23-17(26)6-8-29-10-12-31-13-11-30-9-7-21/h2-5H,6-13,21H2,1H3,(H,23,26)(H,22,24,27). The van der Waals surface area contributed by atoms with E-state index in [1.54, 1.807) is 31.2 Å². The van der Waals surface area contributed by atoms with E-state index in [4.69, 9.17) is 19.9 Å². The average molecular weight is 466 g/mol. The number of ether oxygens (including phenoxy) is 3. The molecule has 0 aliphatic carbocycles. The van der Waals surface area contributed by atoms with Gasteiger partial charge in [-0.15, -0.1) is 4.91 Å². The van der Waals surface area contributed by atoms with E-state index in [1.165, 1.54) is 0 Å². The lowest BCUT2D eigenvalue weighted by molar-refractivity contribution is -0.117. The zero-order chi connectivity index (χ0) is 23.2. The molecule has 4 N–H and O–H groups in total. The van der Waals surface area contributed by atoms with Crippen molar-refractivity contribution in [2.24, 2.45) is 10.9 Å². The van der Waals surface area contributed by atoms with Crippen molar-refractivity contribution < 1.29 is 23.8 Å². The SMILES string of the molecule is Cc1nc(NC(=O)c2ccccc2NC(=O)CCOCCOCCOCCN)sc1N=O. The Labute approximate surface area is 189 Å². The molecule has 0 radical (unpaired) electrons. The molecule has 0 aliphatic heterocycles. The van der Waals surface area contributed by atoms with E-state index in [2.05, 4.69) is 20.8 Å². The third-order valence-corrected chi connectivity index (χ3v) is 4.95. The highest BCUT2D eigenvalue weighted by atomic mass is 32.1. The maximum absolute atomic E-state index is 12.6. The number of nitrogens with zero attached hydrogens (tertiary/aromatic N) is 2. The Balaban J connectivity index is 1.74. The lowest BCUT2D eigenvalue weighted by atomic mass is 10.1. The Morgan fingerprint density at radius 1 is 1.03 bits per heavy atom. The molecule has 174 valence electrons. The van der Waals surface area contributed by atoms with Gasteiger partial charge in [-0.1, -0.05) is 23.5 Å². The normalized spacial score (nSPS) is 10.7. The van der Waals surface area contributed by atoms with Crippen LogP contribution < -0.4 is 16.4 Å². The average Bonchev–Trinajstić information content (AvgIpc) is 3.14. The molecule has 2 amide bonds. The zero-order valence-electron chi connectivity index (χ0n) is 17.8. The van der Waals surface area contributed by atoms with Crippen LogP contribution in [0.5, 0.6) is 0 Å². The highest BCUT2D eigenvalue weighted by Gasteiger charge is 2.16. The molecule has 0 unspecified atom stereocenters. The van der Waals surface area contributed by atoms with E-state index in [9.17, 15) is 14.5 Å². The van der Waals surface area contributed by atoms with Crippen molar-refractivity contribution >= 4 is 39.0 Å². The zero-order valence-corrected chi connectivity index (χ0v) is 18.6.